The molecule has 162 valence electrons. The Morgan fingerprint density at radius 3 is 2.32 bits per heavy atom. The second-order valence-corrected chi connectivity index (χ2v) is 8.39. The van der Waals surface area contributed by atoms with Gasteiger partial charge in [-0.25, -0.2) is 17.9 Å². The second kappa shape index (κ2) is 9.19. The SMILES string of the molecule is CCOC(=O)c1c(-c2ccc(Cl)cc2)noc1NS(=O)(=O)c1ccc(NC(C)=O)cc1. The number of anilines is 2. The Labute approximate surface area is 183 Å². The first-order chi connectivity index (χ1) is 14.7. The highest BCUT2D eigenvalue weighted by atomic mass is 35.5. The van der Waals surface area contributed by atoms with E-state index in [0.29, 0.717) is 16.3 Å². The van der Waals surface area contributed by atoms with Gasteiger partial charge in [0.2, 0.25) is 5.91 Å². The van der Waals surface area contributed by atoms with Gasteiger partial charge in [-0.3, -0.25) is 4.79 Å². The van der Waals surface area contributed by atoms with Gasteiger partial charge in [0.15, 0.2) is 5.56 Å². The van der Waals surface area contributed by atoms with Crippen molar-refractivity contribution in [2.45, 2.75) is 18.7 Å². The summed E-state index contributed by atoms with van der Waals surface area (Å²) in [5.41, 5.74) is 0.862. The smallest absolute Gasteiger partial charge is 0.346 e. The fourth-order valence-electron chi connectivity index (χ4n) is 2.66. The number of aromatic nitrogens is 1. The minimum atomic E-state index is -4.13. The van der Waals surface area contributed by atoms with Gasteiger partial charge in [0, 0.05) is 23.2 Å². The quantitative estimate of drug-likeness (QED) is 0.508. The van der Waals surface area contributed by atoms with Crippen LogP contribution in [-0.4, -0.2) is 32.1 Å². The third kappa shape index (κ3) is 5.22. The van der Waals surface area contributed by atoms with Crippen LogP contribution in [0.2, 0.25) is 5.02 Å². The molecule has 0 fully saturated rings. The van der Waals surface area contributed by atoms with E-state index >= 15 is 0 Å². The van der Waals surface area contributed by atoms with Crippen molar-refractivity contribution < 1.29 is 27.3 Å². The maximum atomic E-state index is 12.8. The van der Waals surface area contributed by atoms with Gasteiger partial charge in [0.05, 0.1) is 11.5 Å². The Morgan fingerprint density at radius 1 is 1.10 bits per heavy atom. The van der Waals surface area contributed by atoms with Crippen LogP contribution in [-0.2, 0) is 19.6 Å². The summed E-state index contributed by atoms with van der Waals surface area (Å²) in [5, 5.41) is 6.87. The van der Waals surface area contributed by atoms with E-state index in [-0.39, 0.29) is 34.6 Å². The van der Waals surface area contributed by atoms with Crippen molar-refractivity contribution in [3.63, 3.8) is 0 Å². The van der Waals surface area contributed by atoms with E-state index < -0.39 is 16.0 Å². The lowest BCUT2D eigenvalue weighted by Crippen LogP contribution is -2.16. The van der Waals surface area contributed by atoms with Crippen LogP contribution in [0.5, 0.6) is 0 Å². The van der Waals surface area contributed by atoms with Crippen molar-refractivity contribution in [2.75, 3.05) is 16.6 Å². The normalized spacial score (nSPS) is 11.1. The highest BCUT2D eigenvalue weighted by Crippen LogP contribution is 2.32. The summed E-state index contributed by atoms with van der Waals surface area (Å²) in [5.74, 6) is -1.47. The molecule has 2 aromatic carbocycles. The standard InChI is InChI=1S/C20H18ClN3O6S/c1-3-29-20(26)17-18(13-4-6-14(21)7-5-13)23-30-19(17)24-31(27,28)16-10-8-15(9-11-16)22-12(2)25/h4-11,24H,3H2,1-2H3,(H,22,25). The monoisotopic (exact) mass is 463 g/mol. The lowest BCUT2D eigenvalue weighted by molar-refractivity contribution is -0.114. The van der Waals surface area contributed by atoms with Crippen LogP contribution in [0.15, 0.2) is 57.9 Å². The molecular formula is C20H18ClN3O6S. The predicted octanol–water partition coefficient (Wildman–Crippen LogP) is 3.93. The number of nitrogens with one attached hydrogen (secondary N) is 2. The molecule has 3 rings (SSSR count). The second-order valence-electron chi connectivity index (χ2n) is 6.27. The summed E-state index contributed by atoms with van der Waals surface area (Å²) < 4.78 is 38.0. The van der Waals surface area contributed by atoms with Crippen LogP contribution < -0.4 is 10.0 Å². The predicted molar refractivity (Wildman–Crippen MR) is 114 cm³/mol. The van der Waals surface area contributed by atoms with Crippen LogP contribution in [0, 0.1) is 0 Å². The molecule has 0 spiro atoms. The van der Waals surface area contributed by atoms with Crippen molar-refractivity contribution in [3.05, 3.63) is 59.1 Å². The average molecular weight is 464 g/mol. The molecule has 0 radical (unpaired) electrons. The summed E-state index contributed by atoms with van der Waals surface area (Å²) in [6, 6.07) is 11.9. The van der Waals surface area contributed by atoms with Gasteiger partial charge >= 0.3 is 5.97 Å². The number of ether oxygens (including phenoxy) is 1. The first-order valence-electron chi connectivity index (χ1n) is 9.04. The molecule has 0 unspecified atom stereocenters. The van der Waals surface area contributed by atoms with Gasteiger partial charge in [-0.05, 0) is 43.3 Å². The largest absolute Gasteiger partial charge is 0.462 e. The summed E-state index contributed by atoms with van der Waals surface area (Å²) in [4.78, 5) is 23.5. The van der Waals surface area contributed by atoms with Gasteiger partial charge < -0.3 is 14.6 Å². The Bertz CT molecular complexity index is 1200. The van der Waals surface area contributed by atoms with Crippen LogP contribution in [0.1, 0.15) is 24.2 Å². The van der Waals surface area contributed by atoms with E-state index in [1.807, 2.05) is 0 Å². The number of rotatable bonds is 7. The average Bonchev–Trinajstić information content (AvgIpc) is 3.11. The van der Waals surface area contributed by atoms with E-state index in [2.05, 4.69) is 15.2 Å². The molecule has 3 aromatic rings. The number of hydrogen-bond acceptors (Lipinski definition) is 7. The van der Waals surface area contributed by atoms with E-state index in [1.165, 1.54) is 31.2 Å². The number of benzene rings is 2. The number of hydrogen-bond donors (Lipinski definition) is 2. The van der Waals surface area contributed by atoms with Crippen LogP contribution in [0.25, 0.3) is 11.3 Å². The number of halogens is 1. The third-order valence-electron chi connectivity index (χ3n) is 4.00. The first-order valence-corrected chi connectivity index (χ1v) is 10.9. The number of carbonyl (C=O) groups excluding carboxylic acids is 2. The van der Waals surface area contributed by atoms with Crippen LogP contribution in [0.4, 0.5) is 11.6 Å². The maximum absolute atomic E-state index is 12.8. The molecule has 2 N–H and O–H groups in total. The number of carbonyl (C=O) groups is 2. The van der Waals surface area contributed by atoms with E-state index in [0.717, 1.165) is 0 Å². The molecule has 31 heavy (non-hydrogen) atoms. The van der Waals surface area contributed by atoms with E-state index in [1.54, 1.807) is 31.2 Å². The van der Waals surface area contributed by atoms with Gasteiger partial charge in [-0.1, -0.05) is 28.9 Å². The van der Waals surface area contributed by atoms with Crippen molar-refractivity contribution in [2.24, 2.45) is 0 Å². The molecule has 1 heterocycles. The molecule has 11 heteroatoms. The number of esters is 1. The van der Waals surface area contributed by atoms with E-state index in [9.17, 15) is 18.0 Å². The van der Waals surface area contributed by atoms with Gasteiger partial charge in [-0.15, -0.1) is 0 Å². The highest BCUT2D eigenvalue weighted by molar-refractivity contribution is 7.92. The molecule has 0 aliphatic carbocycles. The molecule has 0 bridgehead atoms. The zero-order valence-electron chi connectivity index (χ0n) is 16.5. The number of nitrogens with zero attached hydrogens (tertiary/aromatic N) is 1. The summed E-state index contributed by atoms with van der Waals surface area (Å²) in [6.07, 6.45) is 0. The fraction of sp³-hybridized carbons (Fsp3) is 0.150. The Morgan fingerprint density at radius 2 is 1.74 bits per heavy atom. The zero-order chi connectivity index (χ0) is 22.6. The Balaban J connectivity index is 1.97. The molecule has 0 aliphatic heterocycles. The van der Waals surface area contributed by atoms with Crippen molar-refractivity contribution in [1.29, 1.82) is 0 Å². The number of amides is 1. The molecule has 0 atom stereocenters. The molecule has 0 aliphatic rings. The summed E-state index contributed by atoms with van der Waals surface area (Å²) in [6.45, 7) is 3.03. The molecule has 9 nitrogen and oxygen atoms in total. The van der Waals surface area contributed by atoms with Crippen molar-refractivity contribution >= 4 is 45.1 Å². The zero-order valence-corrected chi connectivity index (χ0v) is 18.1. The Hall–Kier alpha value is -3.37. The topological polar surface area (TPSA) is 128 Å². The minimum absolute atomic E-state index is 0.0703. The van der Waals surface area contributed by atoms with Gasteiger partial charge in [-0.2, -0.15) is 0 Å². The Kier molecular flexibility index (Phi) is 6.62. The summed E-state index contributed by atoms with van der Waals surface area (Å²) >= 11 is 5.90. The van der Waals surface area contributed by atoms with Gasteiger partial charge in [0.1, 0.15) is 5.69 Å². The maximum Gasteiger partial charge on any atom is 0.346 e. The lowest BCUT2D eigenvalue weighted by Gasteiger charge is -2.08. The summed E-state index contributed by atoms with van der Waals surface area (Å²) in [7, 11) is -4.13. The lowest BCUT2D eigenvalue weighted by atomic mass is 10.1. The van der Waals surface area contributed by atoms with Crippen LogP contribution >= 0.6 is 11.6 Å². The molecular weight excluding hydrogens is 446 g/mol. The molecule has 0 saturated heterocycles. The molecule has 1 amide bonds. The van der Waals surface area contributed by atoms with Crippen molar-refractivity contribution in [3.8, 4) is 11.3 Å². The van der Waals surface area contributed by atoms with Gasteiger partial charge in [0.25, 0.3) is 15.9 Å². The highest BCUT2D eigenvalue weighted by Gasteiger charge is 2.29. The first kappa shape index (κ1) is 22.3. The molecule has 0 saturated carbocycles. The molecule has 1 aromatic heterocycles. The fourth-order valence-corrected chi connectivity index (χ4v) is 3.78. The van der Waals surface area contributed by atoms with Crippen LogP contribution in [0.3, 0.4) is 0 Å². The van der Waals surface area contributed by atoms with Crippen molar-refractivity contribution in [1.82, 2.24) is 5.16 Å². The number of sulfonamides is 1. The third-order valence-corrected chi connectivity index (χ3v) is 5.60. The minimum Gasteiger partial charge on any atom is -0.462 e. The van der Waals surface area contributed by atoms with E-state index in [4.69, 9.17) is 20.9 Å².